The molecule has 1 aliphatic heterocycles. The van der Waals surface area contributed by atoms with Gasteiger partial charge < -0.3 is 14.2 Å². The number of hydrogen-bond donors (Lipinski definition) is 0. The molecule has 0 atom stereocenters. The molecule has 5 heteroatoms. The number of rotatable bonds is 2. The minimum Gasteiger partial charge on any atom is -0.486 e. The minimum absolute atomic E-state index is 0.407. The fourth-order valence-electron chi connectivity index (χ4n) is 1.84. The van der Waals surface area contributed by atoms with E-state index in [1.807, 2.05) is 0 Å². The number of esters is 1. The van der Waals surface area contributed by atoms with Gasteiger partial charge in [0.05, 0.1) is 5.56 Å². The Labute approximate surface area is 120 Å². The summed E-state index contributed by atoms with van der Waals surface area (Å²) < 4.78 is 16.1. The average molecular weight is 291 g/mol. The van der Waals surface area contributed by atoms with E-state index in [9.17, 15) is 4.79 Å². The van der Waals surface area contributed by atoms with Crippen LogP contribution in [-0.2, 0) is 0 Å². The highest BCUT2D eigenvalue weighted by Crippen LogP contribution is 2.31. The fraction of sp³-hybridized carbons (Fsp3) is 0.133. The van der Waals surface area contributed by atoms with E-state index in [4.69, 9.17) is 25.8 Å². The van der Waals surface area contributed by atoms with Crippen LogP contribution in [0.3, 0.4) is 0 Å². The largest absolute Gasteiger partial charge is 0.486 e. The Kier molecular flexibility index (Phi) is 3.48. The van der Waals surface area contributed by atoms with Crippen molar-refractivity contribution >= 4 is 17.6 Å². The highest BCUT2D eigenvalue weighted by Gasteiger charge is 2.16. The first-order valence-electron chi connectivity index (χ1n) is 6.10. The quantitative estimate of drug-likeness (QED) is 0.628. The van der Waals surface area contributed by atoms with Gasteiger partial charge in [-0.1, -0.05) is 11.6 Å². The summed E-state index contributed by atoms with van der Waals surface area (Å²) in [4.78, 5) is 12.0. The molecule has 102 valence electrons. The Hall–Kier alpha value is -2.20. The molecule has 0 N–H and O–H groups in total. The molecule has 0 fully saturated rings. The Morgan fingerprint density at radius 1 is 1.00 bits per heavy atom. The highest BCUT2D eigenvalue weighted by atomic mass is 35.5. The van der Waals surface area contributed by atoms with Gasteiger partial charge in [0.25, 0.3) is 0 Å². The fourth-order valence-corrected chi connectivity index (χ4v) is 1.96. The molecule has 1 heterocycles. The van der Waals surface area contributed by atoms with Gasteiger partial charge in [0.2, 0.25) is 0 Å². The molecule has 0 saturated heterocycles. The maximum absolute atomic E-state index is 12.0. The highest BCUT2D eigenvalue weighted by molar-refractivity contribution is 6.30. The van der Waals surface area contributed by atoms with Crippen LogP contribution >= 0.6 is 11.6 Å². The number of carbonyl (C=O) groups is 1. The third kappa shape index (κ3) is 2.70. The summed E-state index contributed by atoms with van der Waals surface area (Å²) in [5.41, 5.74) is 0.407. The lowest BCUT2D eigenvalue weighted by atomic mass is 10.2. The topological polar surface area (TPSA) is 44.8 Å². The van der Waals surface area contributed by atoms with Crippen molar-refractivity contribution in [2.24, 2.45) is 0 Å². The second-order valence-electron chi connectivity index (χ2n) is 4.20. The summed E-state index contributed by atoms with van der Waals surface area (Å²) in [7, 11) is 0. The normalized spacial score (nSPS) is 12.8. The summed E-state index contributed by atoms with van der Waals surface area (Å²) >= 11 is 5.77. The average Bonchev–Trinajstić information content (AvgIpc) is 2.49. The Bertz CT molecular complexity index is 637. The molecule has 0 spiro atoms. The summed E-state index contributed by atoms with van der Waals surface area (Å²) in [5, 5.41) is 0.587. The SMILES string of the molecule is O=C(Oc1ccc(Cl)cc1)c1ccc2c(c1)OCCO2. The Balaban J connectivity index is 1.78. The first kappa shape index (κ1) is 12.8. The van der Waals surface area contributed by atoms with Gasteiger partial charge in [-0.15, -0.1) is 0 Å². The van der Waals surface area contributed by atoms with E-state index in [2.05, 4.69) is 0 Å². The molecule has 0 saturated carbocycles. The third-order valence-corrected chi connectivity index (χ3v) is 3.05. The van der Waals surface area contributed by atoms with Crippen molar-refractivity contribution in [3.8, 4) is 17.2 Å². The summed E-state index contributed by atoms with van der Waals surface area (Å²) in [6.07, 6.45) is 0. The van der Waals surface area contributed by atoms with Crippen molar-refractivity contribution in [2.75, 3.05) is 13.2 Å². The summed E-state index contributed by atoms with van der Waals surface area (Å²) in [6.45, 7) is 0.990. The van der Waals surface area contributed by atoms with Gasteiger partial charge in [0, 0.05) is 5.02 Å². The van der Waals surface area contributed by atoms with Crippen molar-refractivity contribution in [1.82, 2.24) is 0 Å². The Morgan fingerprint density at radius 3 is 2.45 bits per heavy atom. The summed E-state index contributed by atoms with van der Waals surface area (Å²) in [5.74, 6) is 1.18. The van der Waals surface area contributed by atoms with E-state index in [-0.39, 0.29) is 0 Å². The van der Waals surface area contributed by atoms with Crippen molar-refractivity contribution in [1.29, 1.82) is 0 Å². The molecule has 0 bridgehead atoms. The maximum Gasteiger partial charge on any atom is 0.343 e. The van der Waals surface area contributed by atoms with E-state index >= 15 is 0 Å². The zero-order valence-corrected chi connectivity index (χ0v) is 11.2. The monoisotopic (exact) mass is 290 g/mol. The molecule has 4 nitrogen and oxygen atoms in total. The van der Waals surface area contributed by atoms with E-state index in [0.29, 0.717) is 41.0 Å². The molecule has 1 aliphatic rings. The molecule has 3 rings (SSSR count). The molecule has 20 heavy (non-hydrogen) atoms. The predicted octanol–water partition coefficient (Wildman–Crippen LogP) is 3.33. The number of fused-ring (bicyclic) bond motifs is 1. The molecule has 0 amide bonds. The van der Waals surface area contributed by atoms with Crippen molar-refractivity contribution in [3.63, 3.8) is 0 Å². The van der Waals surface area contributed by atoms with E-state index < -0.39 is 5.97 Å². The van der Waals surface area contributed by atoms with Gasteiger partial charge in [-0.05, 0) is 42.5 Å². The van der Waals surface area contributed by atoms with Crippen molar-refractivity contribution in [3.05, 3.63) is 53.1 Å². The first-order valence-corrected chi connectivity index (χ1v) is 6.47. The first-order chi connectivity index (χ1) is 9.72. The van der Waals surface area contributed by atoms with Gasteiger partial charge in [-0.3, -0.25) is 0 Å². The van der Waals surface area contributed by atoms with Crippen LogP contribution in [0.5, 0.6) is 17.2 Å². The molecular weight excluding hydrogens is 280 g/mol. The lowest BCUT2D eigenvalue weighted by Gasteiger charge is -2.18. The van der Waals surface area contributed by atoms with Crippen LogP contribution in [0.15, 0.2) is 42.5 Å². The van der Waals surface area contributed by atoms with Gasteiger partial charge in [-0.2, -0.15) is 0 Å². The molecule has 2 aromatic carbocycles. The molecule has 0 aromatic heterocycles. The smallest absolute Gasteiger partial charge is 0.343 e. The lowest BCUT2D eigenvalue weighted by Crippen LogP contribution is -2.16. The number of carbonyl (C=O) groups excluding carboxylic acids is 1. The molecule has 0 aliphatic carbocycles. The third-order valence-electron chi connectivity index (χ3n) is 2.80. The second kappa shape index (κ2) is 5.43. The van der Waals surface area contributed by atoms with Gasteiger partial charge in [0.15, 0.2) is 11.5 Å². The zero-order valence-electron chi connectivity index (χ0n) is 10.5. The summed E-state index contributed by atoms with van der Waals surface area (Å²) in [6, 6.07) is 11.6. The van der Waals surface area contributed by atoms with E-state index in [1.54, 1.807) is 42.5 Å². The van der Waals surface area contributed by atoms with Crippen LogP contribution in [0.4, 0.5) is 0 Å². The lowest BCUT2D eigenvalue weighted by molar-refractivity contribution is 0.0733. The predicted molar refractivity (Wildman–Crippen MR) is 73.8 cm³/mol. The number of halogens is 1. The van der Waals surface area contributed by atoms with E-state index in [0.717, 1.165) is 0 Å². The number of benzene rings is 2. The Morgan fingerprint density at radius 2 is 1.70 bits per heavy atom. The molecule has 2 aromatic rings. The number of ether oxygens (including phenoxy) is 3. The van der Waals surface area contributed by atoms with Crippen LogP contribution < -0.4 is 14.2 Å². The zero-order chi connectivity index (χ0) is 13.9. The molecule has 0 unspecified atom stereocenters. The van der Waals surface area contributed by atoms with Crippen LogP contribution in [0.2, 0.25) is 5.02 Å². The number of hydrogen-bond acceptors (Lipinski definition) is 4. The van der Waals surface area contributed by atoms with Gasteiger partial charge in [0.1, 0.15) is 19.0 Å². The van der Waals surface area contributed by atoms with Crippen LogP contribution in [0.25, 0.3) is 0 Å². The second-order valence-corrected chi connectivity index (χ2v) is 4.64. The molecular formula is C15H11ClO4. The van der Waals surface area contributed by atoms with Crippen LogP contribution in [0.1, 0.15) is 10.4 Å². The van der Waals surface area contributed by atoms with Gasteiger partial charge in [-0.25, -0.2) is 4.79 Å². The minimum atomic E-state index is -0.454. The maximum atomic E-state index is 12.0. The van der Waals surface area contributed by atoms with Crippen LogP contribution in [0, 0.1) is 0 Å². The van der Waals surface area contributed by atoms with Gasteiger partial charge >= 0.3 is 5.97 Å². The van der Waals surface area contributed by atoms with Crippen molar-refractivity contribution < 1.29 is 19.0 Å². The van der Waals surface area contributed by atoms with Crippen molar-refractivity contribution in [2.45, 2.75) is 0 Å². The standard InChI is InChI=1S/C15H11ClO4/c16-11-2-4-12(5-3-11)20-15(17)10-1-6-13-14(9-10)19-8-7-18-13/h1-6,9H,7-8H2. The molecule has 0 radical (unpaired) electrons. The van der Waals surface area contributed by atoms with E-state index in [1.165, 1.54) is 0 Å². The van der Waals surface area contributed by atoms with Crippen LogP contribution in [-0.4, -0.2) is 19.2 Å².